The van der Waals surface area contributed by atoms with Crippen LogP contribution >= 0.6 is 11.3 Å². The van der Waals surface area contributed by atoms with E-state index >= 15 is 0 Å². The minimum atomic E-state index is -0.315. The van der Waals surface area contributed by atoms with E-state index in [1.54, 1.807) is 11.3 Å². The summed E-state index contributed by atoms with van der Waals surface area (Å²) in [6.07, 6.45) is 7.47. The monoisotopic (exact) mass is 252 g/mol. The Morgan fingerprint density at radius 1 is 1.35 bits per heavy atom. The van der Waals surface area contributed by atoms with E-state index in [-0.39, 0.29) is 11.9 Å². The van der Waals surface area contributed by atoms with Gasteiger partial charge in [-0.3, -0.25) is 10.1 Å². The van der Waals surface area contributed by atoms with Gasteiger partial charge in [-0.05, 0) is 35.2 Å². The van der Waals surface area contributed by atoms with E-state index in [0.29, 0.717) is 6.04 Å². The summed E-state index contributed by atoms with van der Waals surface area (Å²) >= 11 is 1.60. The summed E-state index contributed by atoms with van der Waals surface area (Å²) in [5.74, 6) is -0.271. The third-order valence-corrected chi connectivity index (χ3v) is 4.12. The Bertz CT molecular complexity index is 342. The van der Waals surface area contributed by atoms with E-state index in [2.05, 4.69) is 5.32 Å². The number of carbonyl (C=O) groups excluding carboxylic acids is 1. The van der Waals surface area contributed by atoms with Crippen LogP contribution in [0, 0.1) is 0 Å². The lowest BCUT2D eigenvalue weighted by atomic mass is 10.0. The minimum absolute atomic E-state index is 0.271. The average Bonchev–Trinajstić information content (AvgIpc) is 2.70. The van der Waals surface area contributed by atoms with Crippen LogP contribution in [-0.2, 0) is 4.79 Å². The zero-order valence-corrected chi connectivity index (χ0v) is 10.8. The van der Waals surface area contributed by atoms with E-state index in [4.69, 9.17) is 5.73 Å². The minimum Gasteiger partial charge on any atom is -0.368 e. The largest absolute Gasteiger partial charge is 0.368 e. The number of thiophene rings is 1. The van der Waals surface area contributed by atoms with E-state index in [1.807, 2.05) is 16.8 Å². The maximum atomic E-state index is 11.5. The lowest BCUT2D eigenvalue weighted by Gasteiger charge is -2.22. The van der Waals surface area contributed by atoms with Crippen molar-refractivity contribution in [2.24, 2.45) is 5.73 Å². The topological polar surface area (TPSA) is 55.1 Å². The molecule has 0 saturated heterocycles. The Labute approximate surface area is 106 Å². The fourth-order valence-corrected chi connectivity index (χ4v) is 3.15. The molecule has 17 heavy (non-hydrogen) atoms. The molecule has 1 aliphatic carbocycles. The summed E-state index contributed by atoms with van der Waals surface area (Å²) < 4.78 is 0. The summed E-state index contributed by atoms with van der Waals surface area (Å²) in [5, 5.41) is 7.42. The summed E-state index contributed by atoms with van der Waals surface area (Å²) in [7, 11) is 0. The van der Waals surface area contributed by atoms with E-state index < -0.39 is 0 Å². The van der Waals surface area contributed by atoms with Gasteiger partial charge >= 0.3 is 0 Å². The highest BCUT2D eigenvalue weighted by Gasteiger charge is 2.22. The average molecular weight is 252 g/mol. The second-order valence-corrected chi connectivity index (χ2v) is 5.53. The van der Waals surface area contributed by atoms with Crippen molar-refractivity contribution < 1.29 is 4.79 Å². The molecule has 1 fully saturated rings. The molecule has 2 rings (SSSR count). The van der Waals surface area contributed by atoms with Crippen molar-refractivity contribution in [2.45, 2.75) is 50.6 Å². The highest BCUT2D eigenvalue weighted by atomic mass is 32.1. The molecular formula is C13H20N2OS. The van der Waals surface area contributed by atoms with Crippen molar-refractivity contribution in [1.29, 1.82) is 0 Å². The van der Waals surface area contributed by atoms with Gasteiger partial charge in [-0.25, -0.2) is 0 Å². The predicted molar refractivity (Wildman–Crippen MR) is 70.9 cm³/mol. The summed E-state index contributed by atoms with van der Waals surface area (Å²) in [5.41, 5.74) is 6.49. The van der Waals surface area contributed by atoms with E-state index in [9.17, 15) is 4.79 Å². The van der Waals surface area contributed by atoms with Gasteiger partial charge in [-0.1, -0.05) is 25.7 Å². The molecule has 0 bridgehead atoms. The summed E-state index contributed by atoms with van der Waals surface area (Å²) in [4.78, 5) is 11.5. The second kappa shape index (κ2) is 6.17. The lowest BCUT2D eigenvalue weighted by Crippen LogP contribution is -2.39. The first-order valence-corrected chi connectivity index (χ1v) is 7.29. The van der Waals surface area contributed by atoms with Gasteiger partial charge in [0.15, 0.2) is 0 Å². The van der Waals surface area contributed by atoms with Crippen molar-refractivity contribution in [3.63, 3.8) is 0 Å². The number of rotatable bonds is 4. The van der Waals surface area contributed by atoms with Gasteiger partial charge < -0.3 is 5.73 Å². The number of amides is 1. The zero-order valence-electron chi connectivity index (χ0n) is 10.0. The Kier molecular flexibility index (Phi) is 4.57. The molecule has 0 aliphatic heterocycles. The first-order chi connectivity index (χ1) is 8.27. The highest BCUT2D eigenvalue weighted by molar-refractivity contribution is 7.08. The number of carbonyl (C=O) groups is 1. The predicted octanol–water partition coefficient (Wildman–Crippen LogP) is 2.59. The SMILES string of the molecule is NC(=O)C(NC1CCCCCC1)c1ccsc1. The Hall–Kier alpha value is -0.870. The summed E-state index contributed by atoms with van der Waals surface area (Å²) in [6.45, 7) is 0. The van der Waals surface area contributed by atoms with Gasteiger partial charge in [-0.15, -0.1) is 0 Å². The van der Waals surface area contributed by atoms with E-state index in [0.717, 1.165) is 18.4 Å². The first-order valence-electron chi connectivity index (χ1n) is 6.35. The molecule has 94 valence electrons. The zero-order chi connectivity index (χ0) is 12.1. The van der Waals surface area contributed by atoms with Crippen LogP contribution in [-0.4, -0.2) is 11.9 Å². The van der Waals surface area contributed by atoms with Crippen LogP contribution in [0.4, 0.5) is 0 Å². The first kappa shape index (κ1) is 12.6. The number of nitrogens with one attached hydrogen (secondary N) is 1. The van der Waals surface area contributed by atoms with Crippen molar-refractivity contribution >= 4 is 17.2 Å². The number of hydrogen-bond donors (Lipinski definition) is 2. The van der Waals surface area contributed by atoms with Crippen LogP contribution in [0.3, 0.4) is 0 Å². The van der Waals surface area contributed by atoms with E-state index in [1.165, 1.54) is 25.7 Å². The Morgan fingerprint density at radius 3 is 2.59 bits per heavy atom. The second-order valence-electron chi connectivity index (χ2n) is 4.75. The van der Waals surface area contributed by atoms with Crippen LogP contribution in [0.5, 0.6) is 0 Å². The highest BCUT2D eigenvalue weighted by Crippen LogP contribution is 2.22. The van der Waals surface area contributed by atoms with Gasteiger partial charge in [0.05, 0.1) is 0 Å². The molecule has 1 aromatic heterocycles. The molecule has 0 radical (unpaired) electrons. The molecule has 4 heteroatoms. The van der Waals surface area contributed by atoms with Gasteiger partial charge in [0.2, 0.25) is 5.91 Å². The normalized spacial score (nSPS) is 19.8. The molecule has 1 atom stereocenters. The Balaban J connectivity index is 2.00. The van der Waals surface area contributed by atoms with Crippen LogP contribution in [0.1, 0.15) is 50.1 Å². The maximum absolute atomic E-state index is 11.5. The molecule has 1 saturated carbocycles. The van der Waals surface area contributed by atoms with Crippen LogP contribution in [0.25, 0.3) is 0 Å². The number of nitrogens with two attached hydrogens (primary N) is 1. The molecular weight excluding hydrogens is 232 g/mol. The standard InChI is InChI=1S/C13H20N2OS/c14-13(16)12(10-7-8-17-9-10)15-11-5-3-1-2-4-6-11/h7-9,11-12,15H,1-6H2,(H2,14,16). The van der Waals surface area contributed by atoms with Crippen LogP contribution < -0.4 is 11.1 Å². The molecule has 1 amide bonds. The molecule has 1 aliphatic rings. The molecule has 0 aromatic carbocycles. The number of primary amides is 1. The van der Waals surface area contributed by atoms with Gasteiger partial charge in [0.1, 0.15) is 6.04 Å². The Morgan fingerprint density at radius 2 is 2.06 bits per heavy atom. The van der Waals surface area contributed by atoms with Crippen molar-refractivity contribution in [3.05, 3.63) is 22.4 Å². The van der Waals surface area contributed by atoms with Crippen LogP contribution in [0.2, 0.25) is 0 Å². The van der Waals surface area contributed by atoms with Gasteiger partial charge in [0, 0.05) is 6.04 Å². The molecule has 0 spiro atoms. The van der Waals surface area contributed by atoms with Crippen molar-refractivity contribution in [1.82, 2.24) is 5.32 Å². The summed E-state index contributed by atoms with van der Waals surface area (Å²) in [6, 6.07) is 2.10. The molecule has 1 aromatic rings. The molecule has 3 nitrogen and oxygen atoms in total. The quantitative estimate of drug-likeness (QED) is 0.809. The molecule has 3 N–H and O–H groups in total. The maximum Gasteiger partial charge on any atom is 0.239 e. The fraction of sp³-hybridized carbons (Fsp3) is 0.615. The number of hydrogen-bond acceptors (Lipinski definition) is 3. The van der Waals surface area contributed by atoms with Gasteiger partial charge in [-0.2, -0.15) is 11.3 Å². The van der Waals surface area contributed by atoms with Crippen molar-refractivity contribution in [2.75, 3.05) is 0 Å². The smallest absolute Gasteiger partial charge is 0.239 e. The van der Waals surface area contributed by atoms with Gasteiger partial charge in [0.25, 0.3) is 0 Å². The fourth-order valence-electron chi connectivity index (χ4n) is 2.46. The molecule has 1 heterocycles. The third-order valence-electron chi connectivity index (χ3n) is 3.42. The third kappa shape index (κ3) is 3.54. The van der Waals surface area contributed by atoms with Crippen LogP contribution in [0.15, 0.2) is 16.8 Å². The van der Waals surface area contributed by atoms with Crippen molar-refractivity contribution in [3.8, 4) is 0 Å². The molecule has 1 unspecified atom stereocenters. The lowest BCUT2D eigenvalue weighted by molar-refractivity contribution is -0.120.